The van der Waals surface area contributed by atoms with Crippen molar-refractivity contribution in [2.75, 3.05) is 32.7 Å². The molecule has 20 heavy (non-hydrogen) atoms. The highest BCUT2D eigenvalue weighted by atomic mass is 19.1. The standard InChI is InChI=1S/C15H21FN2O2/c1-2-5-17-6-8-18(9-7-17)11-12-3-4-14(16)13(10-12)15(19)20/h3-4,10H,2,5-9,11H2,1H3,(H,19,20). The van der Waals surface area contributed by atoms with Crippen LogP contribution in [-0.4, -0.2) is 53.6 Å². The van der Waals surface area contributed by atoms with Gasteiger partial charge in [0, 0.05) is 32.7 Å². The van der Waals surface area contributed by atoms with Gasteiger partial charge in [0.05, 0.1) is 5.56 Å². The van der Waals surface area contributed by atoms with Crippen LogP contribution in [0.2, 0.25) is 0 Å². The van der Waals surface area contributed by atoms with E-state index < -0.39 is 11.8 Å². The molecule has 0 unspecified atom stereocenters. The number of carboxylic acids is 1. The minimum absolute atomic E-state index is 0.243. The van der Waals surface area contributed by atoms with E-state index in [9.17, 15) is 9.18 Å². The number of piperazine rings is 1. The number of hydrogen-bond donors (Lipinski definition) is 1. The van der Waals surface area contributed by atoms with Gasteiger partial charge in [-0.15, -0.1) is 0 Å². The molecule has 1 heterocycles. The third kappa shape index (κ3) is 3.77. The van der Waals surface area contributed by atoms with Gasteiger partial charge >= 0.3 is 5.97 Å². The molecule has 1 aliphatic rings. The van der Waals surface area contributed by atoms with Crippen LogP contribution in [0.1, 0.15) is 29.3 Å². The SMILES string of the molecule is CCCN1CCN(Cc2ccc(F)c(C(=O)O)c2)CC1. The summed E-state index contributed by atoms with van der Waals surface area (Å²) < 4.78 is 13.3. The lowest BCUT2D eigenvalue weighted by Gasteiger charge is -2.34. The van der Waals surface area contributed by atoms with Gasteiger partial charge in [-0.1, -0.05) is 13.0 Å². The molecule has 0 atom stereocenters. The van der Waals surface area contributed by atoms with Crippen molar-refractivity contribution >= 4 is 5.97 Å². The second-order valence-corrected chi connectivity index (χ2v) is 5.24. The molecule has 110 valence electrons. The molecule has 1 aromatic carbocycles. The van der Waals surface area contributed by atoms with Crippen molar-refractivity contribution in [3.8, 4) is 0 Å². The number of hydrogen-bond acceptors (Lipinski definition) is 3. The first-order valence-corrected chi connectivity index (χ1v) is 7.06. The van der Waals surface area contributed by atoms with Gasteiger partial charge in [-0.2, -0.15) is 0 Å². The molecular weight excluding hydrogens is 259 g/mol. The first kappa shape index (κ1) is 14.9. The average Bonchev–Trinajstić information content (AvgIpc) is 2.43. The predicted octanol–water partition coefficient (Wildman–Crippen LogP) is 2.05. The van der Waals surface area contributed by atoms with E-state index in [-0.39, 0.29) is 5.56 Å². The van der Waals surface area contributed by atoms with Crippen LogP contribution < -0.4 is 0 Å². The number of rotatable bonds is 5. The number of benzene rings is 1. The summed E-state index contributed by atoms with van der Waals surface area (Å²) in [6.45, 7) is 8.02. The molecule has 1 aromatic rings. The summed E-state index contributed by atoms with van der Waals surface area (Å²) in [5.41, 5.74) is 0.611. The summed E-state index contributed by atoms with van der Waals surface area (Å²) in [7, 11) is 0. The maximum absolute atomic E-state index is 13.3. The fourth-order valence-corrected chi connectivity index (χ4v) is 2.58. The molecule has 0 aromatic heterocycles. The Labute approximate surface area is 118 Å². The van der Waals surface area contributed by atoms with Crippen molar-refractivity contribution in [1.82, 2.24) is 9.80 Å². The summed E-state index contributed by atoms with van der Waals surface area (Å²) >= 11 is 0. The Kier molecular flexibility index (Phi) is 5.09. The van der Waals surface area contributed by atoms with Gasteiger partial charge in [0.1, 0.15) is 5.82 Å². The Bertz CT molecular complexity index is 471. The van der Waals surface area contributed by atoms with E-state index in [0.717, 1.165) is 38.3 Å². The molecule has 5 heteroatoms. The zero-order valence-electron chi connectivity index (χ0n) is 11.8. The van der Waals surface area contributed by atoms with E-state index >= 15 is 0 Å². The lowest BCUT2D eigenvalue weighted by atomic mass is 10.1. The number of carbonyl (C=O) groups is 1. The van der Waals surface area contributed by atoms with E-state index in [1.54, 1.807) is 6.07 Å². The summed E-state index contributed by atoms with van der Waals surface area (Å²) in [5.74, 6) is -1.88. The Hall–Kier alpha value is -1.46. The molecule has 1 saturated heterocycles. The molecule has 0 spiro atoms. The topological polar surface area (TPSA) is 43.8 Å². The monoisotopic (exact) mass is 280 g/mol. The zero-order valence-corrected chi connectivity index (χ0v) is 11.8. The van der Waals surface area contributed by atoms with Crippen LogP contribution in [0.15, 0.2) is 18.2 Å². The number of halogens is 1. The molecule has 0 aliphatic carbocycles. The molecule has 0 bridgehead atoms. The third-order valence-corrected chi connectivity index (χ3v) is 3.67. The Morgan fingerprint density at radius 2 is 1.90 bits per heavy atom. The lowest BCUT2D eigenvalue weighted by Crippen LogP contribution is -2.45. The van der Waals surface area contributed by atoms with Crippen LogP contribution in [0.4, 0.5) is 4.39 Å². The predicted molar refractivity (Wildman–Crippen MR) is 75.4 cm³/mol. The summed E-state index contributed by atoms with van der Waals surface area (Å²) in [6.07, 6.45) is 1.17. The van der Waals surface area contributed by atoms with E-state index in [1.165, 1.54) is 18.6 Å². The molecule has 0 saturated carbocycles. The van der Waals surface area contributed by atoms with E-state index in [4.69, 9.17) is 5.11 Å². The number of nitrogens with zero attached hydrogens (tertiary/aromatic N) is 2. The highest BCUT2D eigenvalue weighted by Crippen LogP contribution is 2.14. The van der Waals surface area contributed by atoms with E-state index in [0.29, 0.717) is 6.54 Å². The zero-order chi connectivity index (χ0) is 14.5. The fourth-order valence-electron chi connectivity index (χ4n) is 2.58. The van der Waals surface area contributed by atoms with Gasteiger partial charge < -0.3 is 10.0 Å². The highest BCUT2D eigenvalue weighted by molar-refractivity contribution is 5.88. The molecule has 1 N–H and O–H groups in total. The fraction of sp³-hybridized carbons (Fsp3) is 0.533. The number of carboxylic acid groups (broad SMARTS) is 1. The summed E-state index contributed by atoms with van der Waals surface area (Å²) in [5, 5.41) is 8.93. The van der Waals surface area contributed by atoms with Gasteiger partial charge in [-0.3, -0.25) is 4.90 Å². The second kappa shape index (κ2) is 6.81. The van der Waals surface area contributed by atoms with E-state index in [2.05, 4.69) is 16.7 Å². The van der Waals surface area contributed by atoms with Crippen LogP contribution in [0.5, 0.6) is 0 Å². The van der Waals surface area contributed by atoms with Crippen molar-refractivity contribution < 1.29 is 14.3 Å². The van der Waals surface area contributed by atoms with Crippen LogP contribution in [0, 0.1) is 5.82 Å². The Balaban J connectivity index is 1.94. The van der Waals surface area contributed by atoms with Crippen molar-refractivity contribution in [2.24, 2.45) is 0 Å². The summed E-state index contributed by atoms with van der Waals surface area (Å²) in [4.78, 5) is 15.6. The van der Waals surface area contributed by atoms with Crippen molar-refractivity contribution in [1.29, 1.82) is 0 Å². The molecule has 1 fully saturated rings. The molecule has 0 amide bonds. The van der Waals surface area contributed by atoms with Crippen molar-refractivity contribution in [3.05, 3.63) is 35.1 Å². The van der Waals surface area contributed by atoms with Crippen LogP contribution in [-0.2, 0) is 6.54 Å². The molecular formula is C15H21FN2O2. The van der Waals surface area contributed by atoms with Gasteiger partial charge in [-0.25, -0.2) is 9.18 Å². The molecule has 4 nitrogen and oxygen atoms in total. The molecule has 1 aliphatic heterocycles. The normalized spacial score (nSPS) is 17.3. The quantitative estimate of drug-likeness (QED) is 0.896. The van der Waals surface area contributed by atoms with Gasteiger partial charge in [-0.05, 0) is 30.7 Å². The second-order valence-electron chi connectivity index (χ2n) is 5.24. The van der Waals surface area contributed by atoms with E-state index in [1.807, 2.05) is 0 Å². The van der Waals surface area contributed by atoms with Crippen molar-refractivity contribution in [3.63, 3.8) is 0 Å². The third-order valence-electron chi connectivity index (χ3n) is 3.67. The average molecular weight is 280 g/mol. The van der Waals surface area contributed by atoms with Crippen LogP contribution in [0.25, 0.3) is 0 Å². The van der Waals surface area contributed by atoms with Crippen LogP contribution >= 0.6 is 0 Å². The smallest absolute Gasteiger partial charge is 0.338 e. The summed E-state index contributed by atoms with van der Waals surface area (Å²) in [6, 6.07) is 4.35. The van der Waals surface area contributed by atoms with Gasteiger partial charge in [0.25, 0.3) is 0 Å². The maximum Gasteiger partial charge on any atom is 0.338 e. The van der Waals surface area contributed by atoms with Gasteiger partial charge in [0.2, 0.25) is 0 Å². The maximum atomic E-state index is 13.3. The Morgan fingerprint density at radius 3 is 2.50 bits per heavy atom. The minimum Gasteiger partial charge on any atom is -0.478 e. The number of aromatic carboxylic acids is 1. The first-order chi connectivity index (χ1) is 9.60. The largest absolute Gasteiger partial charge is 0.478 e. The molecule has 2 rings (SSSR count). The van der Waals surface area contributed by atoms with Crippen LogP contribution in [0.3, 0.4) is 0 Å². The van der Waals surface area contributed by atoms with Crippen molar-refractivity contribution in [2.45, 2.75) is 19.9 Å². The lowest BCUT2D eigenvalue weighted by molar-refractivity contribution is 0.0691. The first-order valence-electron chi connectivity index (χ1n) is 7.06. The van der Waals surface area contributed by atoms with Gasteiger partial charge in [0.15, 0.2) is 0 Å². The molecule has 0 radical (unpaired) electrons. The minimum atomic E-state index is -1.21. The Morgan fingerprint density at radius 1 is 1.25 bits per heavy atom. The highest BCUT2D eigenvalue weighted by Gasteiger charge is 2.17.